The van der Waals surface area contributed by atoms with Crippen LogP contribution in [0.3, 0.4) is 0 Å². The van der Waals surface area contributed by atoms with Gasteiger partial charge in [0.15, 0.2) is 11.5 Å². The largest absolute Gasteiger partial charge is 0.493 e. The molecule has 3 rings (SSSR count). The zero-order valence-corrected chi connectivity index (χ0v) is 18.0. The highest BCUT2D eigenvalue weighted by Gasteiger charge is 2.22. The van der Waals surface area contributed by atoms with E-state index in [1.807, 2.05) is 0 Å². The van der Waals surface area contributed by atoms with Gasteiger partial charge >= 0.3 is 0 Å². The molecular weight excluding hydrogens is 416 g/mol. The maximum atomic E-state index is 13.0. The lowest BCUT2D eigenvalue weighted by atomic mass is 10.0. The Labute approximate surface area is 185 Å². The maximum Gasteiger partial charge on any atom is 0.270 e. The van der Waals surface area contributed by atoms with Crippen molar-refractivity contribution in [2.45, 2.75) is 25.4 Å². The van der Waals surface area contributed by atoms with Gasteiger partial charge in [0.25, 0.3) is 11.6 Å². The van der Waals surface area contributed by atoms with E-state index in [-0.39, 0.29) is 23.8 Å². The molecule has 0 radical (unpaired) electrons. The van der Waals surface area contributed by atoms with Crippen molar-refractivity contribution in [2.24, 2.45) is 0 Å². The number of amides is 2. The number of nitrogens with one attached hydrogen (secondary N) is 2. The minimum atomic E-state index is -0.538. The third kappa shape index (κ3) is 5.45. The van der Waals surface area contributed by atoms with Crippen molar-refractivity contribution in [1.82, 2.24) is 10.2 Å². The Balaban J connectivity index is 1.78. The summed E-state index contributed by atoms with van der Waals surface area (Å²) in [6.45, 7) is 1.40. The Kier molecular flexibility index (Phi) is 7.48. The minimum Gasteiger partial charge on any atom is -0.493 e. The van der Waals surface area contributed by atoms with Gasteiger partial charge in [0, 0.05) is 43.5 Å². The van der Waals surface area contributed by atoms with E-state index >= 15 is 0 Å². The molecule has 1 unspecified atom stereocenters. The first kappa shape index (κ1) is 22.9. The number of likely N-dealkylation sites (tertiary alicyclic amines) is 1. The van der Waals surface area contributed by atoms with E-state index in [0.717, 1.165) is 24.8 Å². The Morgan fingerprint density at radius 2 is 2.00 bits per heavy atom. The number of carbonyl (C=O) groups is 2. The van der Waals surface area contributed by atoms with Crippen LogP contribution in [0.15, 0.2) is 36.4 Å². The highest BCUT2D eigenvalue weighted by atomic mass is 16.6. The van der Waals surface area contributed by atoms with Gasteiger partial charge in [-0.3, -0.25) is 19.7 Å². The first-order valence-corrected chi connectivity index (χ1v) is 10.2. The molecule has 0 bridgehead atoms. The molecule has 1 atom stereocenters. The zero-order valence-electron chi connectivity index (χ0n) is 18.0. The Bertz CT molecular complexity index is 996. The van der Waals surface area contributed by atoms with Crippen molar-refractivity contribution in [2.75, 3.05) is 32.6 Å². The molecule has 2 N–H and O–H groups in total. The van der Waals surface area contributed by atoms with E-state index in [4.69, 9.17) is 9.47 Å². The zero-order chi connectivity index (χ0) is 23.1. The molecule has 1 fully saturated rings. The van der Waals surface area contributed by atoms with E-state index < -0.39 is 10.8 Å². The number of carbonyl (C=O) groups excluding carboxylic acids is 2. The lowest BCUT2D eigenvalue weighted by molar-refractivity contribution is -0.384. The van der Waals surface area contributed by atoms with Crippen molar-refractivity contribution in [3.63, 3.8) is 0 Å². The number of non-ortho nitro benzene ring substituents is 1. The van der Waals surface area contributed by atoms with E-state index in [9.17, 15) is 19.7 Å². The van der Waals surface area contributed by atoms with Gasteiger partial charge in [0.05, 0.1) is 24.7 Å². The number of nitrogens with zero attached hydrogens (tertiary/aromatic N) is 2. The number of methoxy groups -OCH3 is 2. The molecule has 0 saturated carbocycles. The Morgan fingerprint density at radius 1 is 1.22 bits per heavy atom. The van der Waals surface area contributed by atoms with Gasteiger partial charge in [-0.2, -0.15) is 0 Å². The van der Waals surface area contributed by atoms with Gasteiger partial charge < -0.3 is 25.0 Å². The van der Waals surface area contributed by atoms with Crippen LogP contribution in [0.1, 0.15) is 28.8 Å². The van der Waals surface area contributed by atoms with E-state index in [1.165, 1.54) is 32.4 Å². The average molecular weight is 442 g/mol. The fraction of sp³-hybridized carbons (Fsp3) is 0.364. The summed E-state index contributed by atoms with van der Waals surface area (Å²) in [6, 6.07) is 9.38. The maximum absolute atomic E-state index is 13.0. The first-order valence-electron chi connectivity index (χ1n) is 10.2. The molecule has 0 aromatic heterocycles. The SMILES string of the molecule is COc1ccc(CNC(=O)c2cc([N+](=O)[O-])ccc2NC2CCCN(C=O)C2)cc1OC. The summed E-state index contributed by atoms with van der Waals surface area (Å²) in [5.41, 5.74) is 1.26. The van der Waals surface area contributed by atoms with Crippen LogP contribution in [0.5, 0.6) is 11.5 Å². The number of nitro benzene ring substituents is 1. The van der Waals surface area contributed by atoms with Crippen LogP contribution in [0.4, 0.5) is 11.4 Å². The number of anilines is 1. The van der Waals surface area contributed by atoms with Crippen molar-refractivity contribution in [1.29, 1.82) is 0 Å². The van der Waals surface area contributed by atoms with E-state index in [2.05, 4.69) is 10.6 Å². The first-order chi connectivity index (χ1) is 15.4. The molecule has 0 aliphatic carbocycles. The average Bonchev–Trinajstić information content (AvgIpc) is 2.82. The standard InChI is InChI=1S/C22H26N4O6/c1-31-20-8-5-15(10-21(20)32-2)12-23-22(28)18-11-17(26(29)30)6-7-19(18)24-16-4-3-9-25(13-16)14-27/h5-8,10-11,14,16,24H,3-4,9,12-13H2,1-2H3,(H,23,28). The molecular formula is C22H26N4O6. The molecule has 10 nitrogen and oxygen atoms in total. The predicted molar refractivity (Wildman–Crippen MR) is 118 cm³/mol. The number of hydrogen-bond acceptors (Lipinski definition) is 7. The normalized spacial score (nSPS) is 15.6. The molecule has 1 saturated heterocycles. The van der Waals surface area contributed by atoms with Crippen LogP contribution >= 0.6 is 0 Å². The van der Waals surface area contributed by atoms with Crippen LogP contribution in [0.25, 0.3) is 0 Å². The van der Waals surface area contributed by atoms with Gasteiger partial charge in [0.2, 0.25) is 6.41 Å². The van der Waals surface area contributed by atoms with Crippen molar-refractivity contribution < 1.29 is 24.0 Å². The smallest absolute Gasteiger partial charge is 0.270 e. The van der Waals surface area contributed by atoms with Crippen LogP contribution in [0.2, 0.25) is 0 Å². The quantitative estimate of drug-likeness (QED) is 0.348. The van der Waals surface area contributed by atoms with Crippen molar-refractivity contribution in [3.05, 3.63) is 57.6 Å². The summed E-state index contributed by atoms with van der Waals surface area (Å²) >= 11 is 0. The summed E-state index contributed by atoms with van der Waals surface area (Å²) in [5.74, 6) is 0.660. The molecule has 2 aromatic rings. The monoisotopic (exact) mass is 442 g/mol. The predicted octanol–water partition coefficient (Wildman–Crippen LogP) is 2.57. The minimum absolute atomic E-state index is 0.0483. The fourth-order valence-corrected chi connectivity index (χ4v) is 3.67. The topological polar surface area (TPSA) is 123 Å². The second-order valence-electron chi connectivity index (χ2n) is 7.44. The fourth-order valence-electron chi connectivity index (χ4n) is 3.67. The highest BCUT2D eigenvalue weighted by Crippen LogP contribution is 2.28. The van der Waals surface area contributed by atoms with Crippen LogP contribution in [-0.2, 0) is 11.3 Å². The Hall–Kier alpha value is -3.82. The molecule has 1 aliphatic rings. The number of rotatable bonds is 9. The van der Waals surface area contributed by atoms with Crippen molar-refractivity contribution in [3.8, 4) is 11.5 Å². The highest BCUT2D eigenvalue weighted by molar-refractivity contribution is 6.00. The van der Waals surface area contributed by atoms with Crippen LogP contribution in [-0.4, -0.2) is 55.5 Å². The van der Waals surface area contributed by atoms with Gasteiger partial charge in [-0.25, -0.2) is 0 Å². The van der Waals surface area contributed by atoms with E-state index in [1.54, 1.807) is 23.1 Å². The summed E-state index contributed by atoms with van der Waals surface area (Å²) in [7, 11) is 3.06. The van der Waals surface area contributed by atoms with E-state index in [0.29, 0.717) is 30.3 Å². The molecule has 0 spiro atoms. The number of hydrogen-bond donors (Lipinski definition) is 2. The number of nitro groups is 1. The molecule has 1 aliphatic heterocycles. The number of piperidine rings is 1. The summed E-state index contributed by atoms with van der Waals surface area (Å²) in [5, 5.41) is 17.3. The second-order valence-corrected chi connectivity index (χ2v) is 7.44. The lowest BCUT2D eigenvalue weighted by Crippen LogP contribution is -2.41. The van der Waals surface area contributed by atoms with Gasteiger partial charge in [0.1, 0.15) is 0 Å². The van der Waals surface area contributed by atoms with Gasteiger partial charge in [-0.05, 0) is 36.6 Å². The lowest BCUT2D eigenvalue weighted by Gasteiger charge is -2.31. The third-order valence-corrected chi connectivity index (χ3v) is 5.32. The number of ether oxygens (including phenoxy) is 2. The van der Waals surface area contributed by atoms with Crippen molar-refractivity contribution >= 4 is 23.7 Å². The van der Waals surface area contributed by atoms with Crippen LogP contribution in [0, 0.1) is 10.1 Å². The number of benzene rings is 2. The second kappa shape index (κ2) is 10.5. The molecule has 32 heavy (non-hydrogen) atoms. The van der Waals surface area contributed by atoms with Crippen LogP contribution < -0.4 is 20.1 Å². The third-order valence-electron chi connectivity index (χ3n) is 5.32. The molecule has 170 valence electrons. The Morgan fingerprint density at radius 3 is 2.69 bits per heavy atom. The molecule has 1 heterocycles. The van der Waals surface area contributed by atoms with Gasteiger partial charge in [-0.1, -0.05) is 6.07 Å². The van der Waals surface area contributed by atoms with Gasteiger partial charge in [-0.15, -0.1) is 0 Å². The molecule has 10 heteroatoms. The summed E-state index contributed by atoms with van der Waals surface area (Å²) < 4.78 is 10.5. The summed E-state index contributed by atoms with van der Waals surface area (Å²) in [4.78, 5) is 36.4. The molecule has 2 aromatic carbocycles. The summed E-state index contributed by atoms with van der Waals surface area (Å²) in [6.07, 6.45) is 2.47. The molecule has 2 amide bonds.